The summed E-state index contributed by atoms with van der Waals surface area (Å²) >= 11 is 5.11. The van der Waals surface area contributed by atoms with Crippen LogP contribution >= 0.6 is 12.2 Å². The molecule has 0 atom stereocenters. The van der Waals surface area contributed by atoms with E-state index in [1.54, 1.807) is 55.6 Å². The van der Waals surface area contributed by atoms with Gasteiger partial charge in [-0.15, -0.1) is 0 Å². The predicted molar refractivity (Wildman–Crippen MR) is 90.0 cm³/mol. The molecule has 2 aromatic rings. The normalized spacial score (nSPS) is 9.68. The quantitative estimate of drug-likeness (QED) is 0.760. The Morgan fingerprint density at radius 2 is 1.59 bits per heavy atom. The molecule has 0 fully saturated rings. The van der Waals surface area contributed by atoms with Crippen molar-refractivity contribution < 1.29 is 9.59 Å². The molecule has 0 aliphatic rings. The Kier molecular flexibility index (Phi) is 5.21. The fourth-order valence-electron chi connectivity index (χ4n) is 1.81. The zero-order valence-electron chi connectivity index (χ0n) is 11.9. The van der Waals surface area contributed by atoms with Crippen LogP contribution in [-0.2, 0) is 0 Å². The summed E-state index contributed by atoms with van der Waals surface area (Å²) in [6.07, 6.45) is 0. The number of thiocarbonyl (C=S) groups is 1. The second-order valence-electron chi connectivity index (χ2n) is 4.43. The lowest BCUT2D eigenvalue weighted by Gasteiger charge is -2.10. The number of carbonyl (C=O) groups excluding carboxylic acids is 2. The van der Waals surface area contributed by atoms with Crippen molar-refractivity contribution in [2.24, 2.45) is 0 Å². The van der Waals surface area contributed by atoms with E-state index in [0.717, 1.165) is 0 Å². The van der Waals surface area contributed by atoms with E-state index in [4.69, 9.17) is 12.2 Å². The molecule has 2 amide bonds. The topological polar surface area (TPSA) is 70.2 Å². The van der Waals surface area contributed by atoms with E-state index < -0.39 is 0 Å². The summed E-state index contributed by atoms with van der Waals surface area (Å²) < 4.78 is 0. The van der Waals surface area contributed by atoms with Gasteiger partial charge in [-0.2, -0.15) is 0 Å². The molecule has 0 unspecified atom stereocenters. The Bertz CT molecular complexity index is 702. The monoisotopic (exact) mass is 313 g/mol. The van der Waals surface area contributed by atoms with Gasteiger partial charge >= 0.3 is 0 Å². The van der Waals surface area contributed by atoms with Crippen LogP contribution in [0.15, 0.2) is 54.6 Å². The van der Waals surface area contributed by atoms with E-state index in [2.05, 4.69) is 16.0 Å². The highest BCUT2D eigenvalue weighted by atomic mass is 32.1. The minimum absolute atomic E-state index is 0.169. The molecule has 6 heteroatoms. The van der Waals surface area contributed by atoms with Crippen molar-refractivity contribution in [2.75, 3.05) is 12.4 Å². The number of benzene rings is 2. The average molecular weight is 313 g/mol. The molecule has 5 nitrogen and oxygen atoms in total. The van der Waals surface area contributed by atoms with Gasteiger partial charge in [0.2, 0.25) is 0 Å². The van der Waals surface area contributed by atoms with E-state index >= 15 is 0 Å². The van der Waals surface area contributed by atoms with Crippen LogP contribution in [0.25, 0.3) is 0 Å². The summed E-state index contributed by atoms with van der Waals surface area (Å²) in [5.41, 5.74) is 1.65. The van der Waals surface area contributed by atoms with Crippen LogP contribution in [0.5, 0.6) is 0 Å². The van der Waals surface area contributed by atoms with E-state index in [0.29, 0.717) is 16.8 Å². The van der Waals surface area contributed by atoms with Crippen molar-refractivity contribution in [2.45, 2.75) is 0 Å². The number of hydrogen-bond donors (Lipinski definition) is 3. The summed E-state index contributed by atoms with van der Waals surface area (Å²) in [6, 6.07) is 15.6. The molecule has 3 N–H and O–H groups in total. The Hall–Kier alpha value is -2.73. The highest BCUT2D eigenvalue weighted by Gasteiger charge is 2.08. The molecule has 22 heavy (non-hydrogen) atoms. The first-order valence-corrected chi connectivity index (χ1v) is 7.00. The average Bonchev–Trinajstić information content (AvgIpc) is 2.55. The minimum Gasteiger partial charge on any atom is -0.355 e. The second-order valence-corrected chi connectivity index (χ2v) is 4.84. The predicted octanol–water partition coefficient (Wildman–Crippen LogP) is 2.17. The molecule has 2 aromatic carbocycles. The van der Waals surface area contributed by atoms with Crippen LogP contribution in [-0.4, -0.2) is 24.0 Å². The van der Waals surface area contributed by atoms with Crippen molar-refractivity contribution in [1.82, 2.24) is 10.6 Å². The standard InChI is InChI=1S/C16H15N3O2S/c1-17-14(20)12-8-5-9-13(10-12)18-16(22)19-15(21)11-6-3-2-4-7-11/h2-10H,1H3,(H,17,20)(H2,18,19,21,22). The van der Waals surface area contributed by atoms with Gasteiger partial charge < -0.3 is 10.6 Å². The van der Waals surface area contributed by atoms with Gasteiger partial charge in [0, 0.05) is 23.9 Å². The van der Waals surface area contributed by atoms with Crippen molar-refractivity contribution in [1.29, 1.82) is 0 Å². The molecule has 0 heterocycles. The molecule has 0 aliphatic heterocycles. The molecule has 0 saturated heterocycles. The maximum absolute atomic E-state index is 12.0. The van der Waals surface area contributed by atoms with Crippen molar-refractivity contribution in [3.05, 3.63) is 65.7 Å². The molecule has 0 saturated carbocycles. The third-order valence-corrected chi connectivity index (χ3v) is 3.08. The van der Waals surface area contributed by atoms with Crippen molar-refractivity contribution in [3.63, 3.8) is 0 Å². The first-order chi connectivity index (χ1) is 10.6. The molecule has 0 radical (unpaired) electrons. The highest BCUT2D eigenvalue weighted by Crippen LogP contribution is 2.10. The van der Waals surface area contributed by atoms with Gasteiger partial charge in [-0.25, -0.2) is 0 Å². The number of anilines is 1. The second kappa shape index (κ2) is 7.33. The van der Waals surface area contributed by atoms with E-state index in [1.807, 2.05) is 6.07 Å². The van der Waals surface area contributed by atoms with Gasteiger partial charge in [-0.1, -0.05) is 24.3 Å². The highest BCUT2D eigenvalue weighted by molar-refractivity contribution is 7.80. The first-order valence-electron chi connectivity index (χ1n) is 6.59. The van der Waals surface area contributed by atoms with Crippen LogP contribution in [0, 0.1) is 0 Å². The Morgan fingerprint density at radius 1 is 0.909 bits per heavy atom. The lowest BCUT2D eigenvalue weighted by atomic mass is 10.2. The van der Waals surface area contributed by atoms with Gasteiger partial charge in [-0.05, 0) is 42.5 Å². The Morgan fingerprint density at radius 3 is 2.27 bits per heavy atom. The molecular weight excluding hydrogens is 298 g/mol. The lowest BCUT2D eigenvalue weighted by molar-refractivity contribution is 0.0959. The zero-order valence-corrected chi connectivity index (χ0v) is 12.7. The van der Waals surface area contributed by atoms with E-state index in [1.165, 1.54) is 0 Å². The SMILES string of the molecule is CNC(=O)c1cccc(NC(=S)NC(=O)c2ccccc2)c1. The van der Waals surface area contributed by atoms with E-state index in [-0.39, 0.29) is 16.9 Å². The number of rotatable bonds is 3. The molecule has 0 aromatic heterocycles. The third-order valence-electron chi connectivity index (χ3n) is 2.87. The van der Waals surface area contributed by atoms with Crippen molar-refractivity contribution >= 4 is 34.8 Å². The Labute approximate surface area is 133 Å². The zero-order chi connectivity index (χ0) is 15.9. The van der Waals surface area contributed by atoms with Crippen LogP contribution in [0.1, 0.15) is 20.7 Å². The van der Waals surface area contributed by atoms with Gasteiger partial charge in [0.05, 0.1) is 0 Å². The van der Waals surface area contributed by atoms with Crippen molar-refractivity contribution in [3.8, 4) is 0 Å². The maximum Gasteiger partial charge on any atom is 0.257 e. The molecule has 0 bridgehead atoms. The largest absolute Gasteiger partial charge is 0.355 e. The van der Waals surface area contributed by atoms with Gasteiger partial charge in [0.25, 0.3) is 11.8 Å². The van der Waals surface area contributed by atoms with Crippen LogP contribution in [0.4, 0.5) is 5.69 Å². The molecule has 2 rings (SSSR count). The van der Waals surface area contributed by atoms with Gasteiger partial charge in [0.1, 0.15) is 0 Å². The van der Waals surface area contributed by atoms with E-state index in [9.17, 15) is 9.59 Å². The molecular formula is C16H15N3O2S. The number of carbonyl (C=O) groups is 2. The van der Waals surface area contributed by atoms with Gasteiger partial charge in [-0.3, -0.25) is 14.9 Å². The summed E-state index contributed by atoms with van der Waals surface area (Å²) in [6.45, 7) is 0. The van der Waals surface area contributed by atoms with Crippen LogP contribution in [0.2, 0.25) is 0 Å². The molecule has 0 spiro atoms. The summed E-state index contributed by atoms with van der Waals surface area (Å²) in [5, 5.41) is 8.19. The fraction of sp³-hybridized carbons (Fsp3) is 0.0625. The molecule has 0 aliphatic carbocycles. The summed E-state index contributed by atoms with van der Waals surface area (Å²) in [5.74, 6) is -0.483. The smallest absolute Gasteiger partial charge is 0.257 e. The third kappa shape index (κ3) is 4.13. The fourth-order valence-corrected chi connectivity index (χ4v) is 2.02. The number of hydrogen-bond acceptors (Lipinski definition) is 3. The summed E-state index contributed by atoms with van der Waals surface area (Å²) in [4.78, 5) is 23.5. The summed E-state index contributed by atoms with van der Waals surface area (Å²) in [7, 11) is 1.56. The minimum atomic E-state index is -0.291. The maximum atomic E-state index is 12.0. The first kappa shape index (κ1) is 15.7. The number of amides is 2. The number of nitrogens with one attached hydrogen (secondary N) is 3. The molecule has 112 valence electrons. The van der Waals surface area contributed by atoms with Gasteiger partial charge in [0.15, 0.2) is 5.11 Å². The lowest BCUT2D eigenvalue weighted by Crippen LogP contribution is -2.34. The van der Waals surface area contributed by atoms with Crippen LogP contribution in [0.3, 0.4) is 0 Å². The Balaban J connectivity index is 2.00. The van der Waals surface area contributed by atoms with Crippen LogP contribution < -0.4 is 16.0 Å².